The van der Waals surface area contributed by atoms with E-state index < -0.39 is 11.7 Å². The highest BCUT2D eigenvalue weighted by Crippen LogP contribution is 2.33. The molecule has 9 heteroatoms. The largest absolute Gasteiger partial charge is 0.483 e. The molecule has 5 nitrogen and oxygen atoms in total. The predicted molar refractivity (Wildman–Crippen MR) is 109 cm³/mol. The van der Waals surface area contributed by atoms with Crippen LogP contribution < -0.4 is 9.64 Å². The third-order valence-electron chi connectivity index (χ3n) is 4.99. The molecule has 3 rings (SSSR count). The van der Waals surface area contributed by atoms with Crippen molar-refractivity contribution in [3.8, 4) is 5.75 Å². The first-order chi connectivity index (χ1) is 14.1. The van der Waals surface area contributed by atoms with Crippen molar-refractivity contribution in [1.82, 2.24) is 9.88 Å². The first-order valence-corrected chi connectivity index (χ1v) is 9.98. The average molecular weight is 442 g/mol. The van der Waals surface area contributed by atoms with Crippen LogP contribution in [-0.4, -0.2) is 48.6 Å². The van der Waals surface area contributed by atoms with Gasteiger partial charge in [-0.3, -0.25) is 4.79 Å². The molecule has 1 aromatic carbocycles. The lowest BCUT2D eigenvalue weighted by Gasteiger charge is -2.24. The topological polar surface area (TPSA) is 45.7 Å². The molecule has 0 atom stereocenters. The van der Waals surface area contributed by atoms with Crippen molar-refractivity contribution in [3.05, 3.63) is 52.2 Å². The third-order valence-corrected chi connectivity index (χ3v) is 5.27. The molecule has 0 saturated carbocycles. The molecule has 0 radical (unpaired) electrons. The maximum Gasteiger partial charge on any atom is 0.417 e. The summed E-state index contributed by atoms with van der Waals surface area (Å²) in [5.41, 5.74) is 1.12. The fraction of sp³-hybridized carbons (Fsp3) is 0.429. The van der Waals surface area contributed by atoms with E-state index in [-0.39, 0.29) is 17.5 Å². The summed E-state index contributed by atoms with van der Waals surface area (Å²) in [5, 5.41) is -0.0529. The smallest absolute Gasteiger partial charge is 0.417 e. The number of pyridine rings is 1. The lowest BCUT2D eigenvalue weighted by Crippen LogP contribution is -2.38. The summed E-state index contributed by atoms with van der Waals surface area (Å²) in [6.07, 6.45) is -3.06. The number of nitrogens with zero attached hydrogens (tertiary/aromatic N) is 3. The summed E-state index contributed by atoms with van der Waals surface area (Å²) >= 11 is 6.06. The maximum atomic E-state index is 12.8. The molecule has 1 amide bonds. The minimum absolute atomic E-state index is 0.0529. The number of anilines is 1. The summed E-state index contributed by atoms with van der Waals surface area (Å²) in [5.74, 6) is 0.843. The number of benzene rings is 1. The van der Waals surface area contributed by atoms with Gasteiger partial charge in [-0.15, -0.1) is 0 Å². The van der Waals surface area contributed by atoms with Gasteiger partial charge in [-0.25, -0.2) is 4.98 Å². The molecule has 1 fully saturated rings. The van der Waals surface area contributed by atoms with Crippen molar-refractivity contribution >= 4 is 23.3 Å². The number of carbonyl (C=O) groups excluding carboxylic acids is 1. The number of hydrogen-bond donors (Lipinski definition) is 0. The number of carbonyl (C=O) groups is 1. The highest BCUT2D eigenvalue weighted by atomic mass is 35.5. The first-order valence-electron chi connectivity index (χ1n) is 9.60. The van der Waals surface area contributed by atoms with E-state index in [9.17, 15) is 18.0 Å². The van der Waals surface area contributed by atoms with Gasteiger partial charge in [-0.1, -0.05) is 23.7 Å². The fourth-order valence-corrected chi connectivity index (χ4v) is 3.58. The number of rotatable bonds is 4. The van der Waals surface area contributed by atoms with Gasteiger partial charge in [0.05, 0.1) is 10.6 Å². The highest BCUT2D eigenvalue weighted by molar-refractivity contribution is 6.33. The Morgan fingerprint density at radius 1 is 1.17 bits per heavy atom. The van der Waals surface area contributed by atoms with Gasteiger partial charge in [0.15, 0.2) is 6.61 Å². The quantitative estimate of drug-likeness (QED) is 0.701. The lowest BCUT2D eigenvalue weighted by molar-refractivity contribution is -0.137. The van der Waals surface area contributed by atoms with Crippen LogP contribution in [0.1, 0.15) is 23.1 Å². The van der Waals surface area contributed by atoms with Crippen LogP contribution in [0.25, 0.3) is 0 Å². The molecule has 162 valence electrons. The second kappa shape index (κ2) is 9.12. The van der Waals surface area contributed by atoms with Crippen LogP contribution >= 0.6 is 11.6 Å². The van der Waals surface area contributed by atoms with Crippen molar-refractivity contribution in [2.45, 2.75) is 26.4 Å². The molecule has 1 aliphatic rings. The Labute approximate surface area is 178 Å². The highest BCUT2D eigenvalue weighted by Gasteiger charge is 2.32. The van der Waals surface area contributed by atoms with E-state index in [4.69, 9.17) is 16.3 Å². The number of ether oxygens (including phenoxy) is 1. The zero-order chi connectivity index (χ0) is 21.9. The fourth-order valence-electron chi connectivity index (χ4n) is 3.29. The van der Waals surface area contributed by atoms with E-state index in [1.807, 2.05) is 32.0 Å². The Morgan fingerprint density at radius 3 is 2.63 bits per heavy atom. The minimum atomic E-state index is -4.49. The normalized spacial score (nSPS) is 15.1. The molecule has 2 aromatic rings. The van der Waals surface area contributed by atoms with E-state index in [1.165, 1.54) is 0 Å². The molecule has 1 aliphatic heterocycles. The molecule has 0 aliphatic carbocycles. The van der Waals surface area contributed by atoms with Gasteiger partial charge in [0.1, 0.15) is 11.6 Å². The second-order valence-electron chi connectivity index (χ2n) is 7.31. The first kappa shape index (κ1) is 22.2. The molecule has 0 unspecified atom stereocenters. The predicted octanol–water partition coefficient (Wildman–Crippen LogP) is 4.49. The molecule has 0 N–H and O–H groups in total. The minimum Gasteiger partial charge on any atom is -0.483 e. The Balaban J connectivity index is 1.60. The third kappa shape index (κ3) is 5.36. The number of aryl methyl sites for hydroxylation is 2. The van der Waals surface area contributed by atoms with Crippen LogP contribution in [0.4, 0.5) is 19.0 Å². The van der Waals surface area contributed by atoms with Crippen LogP contribution in [-0.2, 0) is 11.0 Å². The van der Waals surface area contributed by atoms with E-state index >= 15 is 0 Å². The number of alkyl halides is 3. The van der Waals surface area contributed by atoms with Gasteiger partial charge in [0.25, 0.3) is 5.91 Å². The van der Waals surface area contributed by atoms with Crippen molar-refractivity contribution in [1.29, 1.82) is 0 Å². The van der Waals surface area contributed by atoms with Gasteiger partial charge >= 0.3 is 6.18 Å². The molecule has 1 aromatic heterocycles. The molecule has 2 heterocycles. The van der Waals surface area contributed by atoms with Crippen LogP contribution in [0, 0.1) is 13.8 Å². The van der Waals surface area contributed by atoms with Crippen molar-refractivity contribution in [3.63, 3.8) is 0 Å². The zero-order valence-corrected chi connectivity index (χ0v) is 17.6. The number of amides is 1. The number of halogens is 4. The molecule has 30 heavy (non-hydrogen) atoms. The lowest BCUT2D eigenvalue weighted by atomic mass is 10.1. The monoisotopic (exact) mass is 441 g/mol. The Morgan fingerprint density at radius 2 is 1.93 bits per heavy atom. The van der Waals surface area contributed by atoms with Crippen LogP contribution in [0.3, 0.4) is 0 Å². The van der Waals surface area contributed by atoms with Crippen molar-refractivity contribution in [2.24, 2.45) is 0 Å². The number of aromatic nitrogens is 1. The molecule has 0 spiro atoms. The molecular weight excluding hydrogens is 419 g/mol. The Kier molecular flexibility index (Phi) is 6.75. The van der Waals surface area contributed by atoms with Gasteiger partial charge in [-0.05, 0) is 43.5 Å². The summed E-state index contributed by atoms with van der Waals surface area (Å²) < 4.78 is 44.2. The Bertz CT molecular complexity index is 921. The van der Waals surface area contributed by atoms with Crippen LogP contribution in [0.15, 0.2) is 30.5 Å². The molecule has 0 bridgehead atoms. The average Bonchev–Trinajstić information content (AvgIpc) is 2.94. The standard InChI is InChI=1S/C21H23ClF3N3O2/c1-14-4-5-15(2)18(10-14)30-13-19(29)27-6-3-7-28(9-8-27)20-17(22)11-16(12-26-20)21(23,24)25/h4-5,10-12H,3,6-9,13H2,1-2H3. The van der Waals surface area contributed by atoms with E-state index in [0.29, 0.717) is 44.2 Å². The SMILES string of the molecule is Cc1ccc(C)c(OCC(=O)N2CCCN(c3ncc(C(F)(F)F)cc3Cl)CC2)c1. The van der Waals surface area contributed by atoms with Gasteiger partial charge in [0.2, 0.25) is 0 Å². The summed E-state index contributed by atoms with van der Waals surface area (Å²) in [7, 11) is 0. The summed E-state index contributed by atoms with van der Waals surface area (Å²) in [6, 6.07) is 6.70. The van der Waals surface area contributed by atoms with Crippen molar-refractivity contribution in [2.75, 3.05) is 37.7 Å². The Hall–Kier alpha value is -2.48. The summed E-state index contributed by atoms with van der Waals surface area (Å²) in [6.45, 7) is 5.72. The van der Waals surface area contributed by atoms with Gasteiger partial charge < -0.3 is 14.5 Å². The molecule has 1 saturated heterocycles. The van der Waals surface area contributed by atoms with Crippen LogP contribution in [0.5, 0.6) is 5.75 Å². The van der Waals surface area contributed by atoms with E-state index in [2.05, 4.69) is 4.98 Å². The second-order valence-corrected chi connectivity index (χ2v) is 7.71. The van der Waals surface area contributed by atoms with Gasteiger partial charge in [0, 0.05) is 32.4 Å². The van der Waals surface area contributed by atoms with E-state index in [1.54, 1.807) is 9.80 Å². The van der Waals surface area contributed by atoms with E-state index in [0.717, 1.165) is 23.4 Å². The summed E-state index contributed by atoms with van der Waals surface area (Å²) in [4.78, 5) is 20.0. The van der Waals surface area contributed by atoms with Crippen molar-refractivity contribution < 1.29 is 22.7 Å². The van der Waals surface area contributed by atoms with Crippen LogP contribution in [0.2, 0.25) is 5.02 Å². The maximum absolute atomic E-state index is 12.8. The molecular formula is C21H23ClF3N3O2. The van der Waals surface area contributed by atoms with Gasteiger partial charge in [-0.2, -0.15) is 13.2 Å². The number of hydrogen-bond acceptors (Lipinski definition) is 4. The zero-order valence-electron chi connectivity index (χ0n) is 16.8.